The molecule has 15 heavy (non-hydrogen) atoms. The Hall–Kier alpha value is -0.130. The predicted molar refractivity (Wildman–Crippen MR) is 61.4 cm³/mol. The summed E-state index contributed by atoms with van der Waals surface area (Å²) in [5.41, 5.74) is 0. The normalized spacial score (nSPS) is 11.7. The van der Waals surface area contributed by atoms with E-state index in [1.165, 1.54) is 12.4 Å². The molecular weight excluding hydrogens is 259 g/mol. The van der Waals surface area contributed by atoms with Gasteiger partial charge in [-0.3, -0.25) is 9.05 Å². The molecule has 86 valence electrons. The molecule has 0 N–H and O–H groups in total. The van der Waals surface area contributed by atoms with Crippen molar-refractivity contribution in [2.75, 3.05) is 13.2 Å². The topological polar surface area (TPSA) is 45.5 Å². The maximum absolute atomic E-state index is 5.68. The zero-order valence-electron chi connectivity index (χ0n) is 8.42. The highest BCUT2D eigenvalue weighted by molar-refractivity contribution is 8.07. The summed E-state index contributed by atoms with van der Waals surface area (Å²) in [7, 11) is 0. The number of aromatic nitrogens is 2. The van der Waals surface area contributed by atoms with Crippen molar-refractivity contribution in [1.29, 1.82) is 0 Å². The minimum atomic E-state index is -2.75. The second-order valence-electron chi connectivity index (χ2n) is 2.43. The molecule has 0 atom stereocenters. The fraction of sp³-hybridized carbons (Fsp3) is 0.571. The van der Waals surface area contributed by atoms with Gasteiger partial charge in [-0.2, -0.15) is 0 Å². The van der Waals surface area contributed by atoms with Gasteiger partial charge in [-0.1, -0.05) is 16.4 Å². The van der Waals surface area contributed by atoms with E-state index in [2.05, 4.69) is 5.10 Å². The van der Waals surface area contributed by atoms with Crippen LogP contribution in [-0.4, -0.2) is 23.2 Å². The van der Waals surface area contributed by atoms with Crippen LogP contribution >= 0.6 is 18.3 Å². The first-order valence-electron chi connectivity index (χ1n) is 4.39. The summed E-state index contributed by atoms with van der Waals surface area (Å²) in [5, 5.41) is 4.29. The highest BCUT2D eigenvalue weighted by Gasteiger charge is 2.22. The molecule has 0 saturated heterocycles. The number of rotatable bonds is 6. The van der Waals surface area contributed by atoms with Crippen molar-refractivity contribution in [1.82, 2.24) is 9.94 Å². The molecule has 5 nitrogen and oxygen atoms in total. The SMILES string of the molecule is CCOP(=S)(OCC)On1cc(Cl)cn1. The summed E-state index contributed by atoms with van der Waals surface area (Å²) in [6.07, 6.45) is 2.93. The van der Waals surface area contributed by atoms with Gasteiger partial charge in [0, 0.05) is 11.8 Å². The molecule has 0 aliphatic rings. The van der Waals surface area contributed by atoms with Gasteiger partial charge < -0.3 is 4.62 Å². The molecule has 0 fully saturated rings. The number of halogens is 1. The molecule has 1 aromatic heterocycles. The van der Waals surface area contributed by atoms with Crippen molar-refractivity contribution in [3.8, 4) is 0 Å². The van der Waals surface area contributed by atoms with Crippen molar-refractivity contribution >= 4 is 30.1 Å². The Balaban J connectivity index is 2.70. The lowest BCUT2D eigenvalue weighted by Crippen LogP contribution is -2.13. The second-order valence-corrected chi connectivity index (χ2v) is 5.78. The van der Waals surface area contributed by atoms with Gasteiger partial charge in [-0.05, 0) is 13.8 Å². The fourth-order valence-electron chi connectivity index (χ4n) is 0.832. The number of hydrogen-bond acceptors (Lipinski definition) is 5. The molecule has 0 unspecified atom stereocenters. The molecule has 0 radical (unpaired) electrons. The monoisotopic (exact) mass is 270 g/mol. The first kappa shape index (κ1) is 12.9. The molecule has 8 heteroatoms. The van der Waals surface area contributed by atoms with E-state index < -0.39 is 6.72 Å². The van der Waals surface area contributed by atoms with Gasteiger partial charge >= 0.3 is 6.72 Å². The van der Waals surface area contributed by atoms with E-state index in [9.17, 15) is 0 Å². The summed E-state index contributed by atoms with van der Waals surface area (Å²) >= 11 is 10.8. The summed E-state index contributed by atoms with van der Waals surface area (Å²) in [6, 6.07) is 0. The van der Waals surface area contributed by atoms with E-state index in [-0.39, 0.29) is 0 Å². The Labute approximate surface area is 98.5 Å². The molecular formula is C7H12ClN2O3PS. The Morgan fingerprint density at radius 1 is 1.47 bits per heavy atom. The van der Waals surface area contributed by atoms with E-state index in [1.807, 2.05) is 13.8 Å². The molecule has 0 aromatic carbocycles. The van der Waals surface area contributed by atoms with Crippen LogP contribution in [0, 0.1) is 0 Å². The molecule has 1 rings (SSSR count). The summed E-state index contributed by atoms with van der Waals surface area (Å²) < 4.78 is 15.8. The minimum Gasteiger partial charge on any atom is -0.315 e. The van der Waals surface area contributed by atoms with E-state index in [0.717, 1.165) is 4.85 Å². The van der Waals surface area contributed by atoms with Crippen LogP contribution in [0.4, 0.5) is 0 Å². The van der Waals surface area contributed by atoms with Crippen LogP contribution in [0.2, 0.25) is 5.02 Å². The summed E-state index contributed by atoms with van der Waals surface area (Å²) in [5.74, 6) is 0. The standard InChI is InChI=1S/C7H12ClN2O3PS/c1-3-11-14(15,12-4-2)13-10-6-7(8)5-9-10/h5-6H,3-4H2,1-2H3. The maximum Gasteiger partial charge on any atom is 0.402 e. The van der Waals surface area contributed by atoms with Crippen molar-refractivity contribution in [2.45, 2.75) is 13.8 Å². The lowest BCUT2D eigenvalue weighted by atomic mass is 10.8. The van der Waals surface area contributed by atoms with Crippen molar-refractivity contribution < 1.29 is 13.7 Å². The van der Waals surface area contributed by atoms with E-state index >= 15 is 0 Å². The molecule has 1 heterocycles. The quantitative estimate of drug-likeness (QED) is 0.742. The predicted octanol–water partition coefficient (Wildman–Crippen LogP) is 2.26. The smallest absolute Gasteiger partial charge is 0.315 e. The molecule has 0 spiro atoms. The molecule has 0 aliphatic carbocycles. The van der Waals surface area contributed by atoms with E-state index in [1.54, 1.807) is 0 Å². The summed E-state index contributed by atoms with van der Waals surface area (Å²) in [4.78, 5) is 1.16. The Bertz CT molecular complexity index is 350. The van der Waals surface area contributed by atoms with Crippen LogP contribution in [-0.2, 0) is 20.9 Å². The highest BCUT2D eigenvalue weighted by atomic mass is 35.5. The first-order valence-corrected chi connectivity index (χ1v) is 7.32. The van der Waals surface area contributed by atoms with Crippen LogP contribution < -0.4 is 4.62 Å². The second kappa shape index (κ2) is 5.82. The van der Waals surface area contributed by atoms with Crippen molar-refractivity contribution in [3.05, 3.63) is 17.4 Å². The van der Waals surface area contributed by atoms with Gasteiger partial charge in [0.25, 0.3) is 0 Å². The lowest BCUT2D eigenvalue weighted by Gasteiger charge is -2.19. The Morgan fingerprint density at radius 2 is 2.07 bits per heavy atom. The number of nitrogens with zero attached hydrogens (tertiary/aromatic N) is 2. The van der Waals surface area contributed by atoms with Gasteiger partial charge in [-0.15, -0.1) is 5.10 Å². The largest absolute Gasteiger partial charge is 0.402 e. The molecule has 0 bridgehead atoms. The van der Waals surface area contributed by atoms with Crippen molar-refractivity contribution in [2.24, 2.45) is 0 Å². The lowest BCUT2D eigenvalue weighted by molar-refractivity contribution is 0.138. The van der Waals surface area contributed by atoms with Gasteiger partial charge in [0.2, 0.25) is 0 Å². The molecule has 0 aliphatic heterocycles. The minimum absolute atomic E-state index is 0.423. The summed E-state index contributed by atoms with van der Waals surface area (Å²) in [6.45, 7) is 1.73. The average Bonchev–Trinajstić information content (AvgIpc) is 2.51. The van der Waals surface area contributed by atoms with Gasteiger partial charge in [0.05, 0.1) is 30.6 Å². The third-order valence-electron chi connectivity index (χ3n) is 1.29. The van der Waals surface area contributed by atoms with Crippen LogP contribution in [0.25, 0.3) is 0 Å². The van der Waals surface area contributed by atoms with E-state index in [0.29, 0.717) is 18.2 Å². The van der Waals surface area contributed by atoms with Crippen molar-refractivity contribution in [3.63, 3.8) is 0 Å². The van der Waals surface area contributed by atoms with Gasteiger partial charge in [0.15, 0.2) is 0 Å². The highest BCUT2D eigenvalue weighted by Crippen LogP contribution is 2.46. The van der Waals surface area contributed by atoms with Gasteiger partial charge in [-0.25, -0.2) is 0 Å². The Kier molecular flexibility index (Phi) is 5.02. The third-order valence-corrected chi connectivity index (χ3v) is 3.83. The average molecular weight is 271 g/mol. The zero-order valence-corrected chi connectivity index (χ0v) is 10.9. The molecule has 0 saturated carbocycles. The van der Waals surface area contributed by atoms with Crippen LogP contribution in [0.5, 0.6) is 0 Å². The molecule has 1 aromatic rings. The molecule has 0 amide bonds. The fourth-order valence-corrected chi connectivity index (χ4v) is 2.89. The zero-order chi connectivity index (χ0) is 11.3. The van der Waals surface area contributed by atoms with Crippen LogP contribution in [0.1, 0.15) is 13.8 Å². The van der Waals surface area contributed by atoms with Crippen LogP contribution in [0.3, 0.4) is 0 Å². The van der Waals surface area contributed by atoms with E-state index in [4.69, 9.17) is 37.1 Å². The maximum atomic E-state index is 5.68. The first-order chi connectivity index (χ1) is 7.09. The third kappa shape index (κ3) is 4.09. The number of hydrogen-bond donors (Lipinski definition) is 0. The Morgan fingerprint density at radius 3 is 2.47 bits per heavy atom. The van der Waals surface area contributed by atoms with Crippen LogP contribution in [0.15, 0.2) is 12.4 Å². The van der Waals surface area contributed by atoms with Gasteiger partial charge in [0.1, 0.15) is 0 Å².